The molecule has 2 unspecified atom stereocenters. The number of fused-ring (bicyclic) bond motifs is 1. The summed E-state index contributed by atoms with van der Waals surface area (Å²) in [6, 6.07) is 10.8. The summed E-state index contributed by atoms with van der Waals surface area (Å²) < 4.78 is 7.19. The summed E-state index contributed by atoms with van der Waals surface area (Å²) in [5.41, 5.74) is 1.24. The molecule has 3 rings (SSSR count). The van der Waals surface area contributed by atoms with E-state index in [1.54, 1.807) is 11.3 Å². The number of hydrogen-bond donors (Lipinski definition) is 1. The highest BCUT2D eigenvalue weighted by Crippen LogP contribution is 2.42. The third-order valence-electron chi connectivity index (χ3n) is 3.28. The lowest BCUT2D eigenvalue weighted by molar-refractivity contribution is 0.157. The minimum absolute atomic E-state index is 0.157. The van der Waals surface area contributed by atoms with E-state index in [1.807, 2.05) is 7.05 Å². The summed E-state index contributed by atoms with van der Waals surface area (Å²) in [4.78, 5) is 1.29. The van der Waals surface area contributed by atoms with Crippen LogP contribution in [0.2, 0.25) is 0 Å². The van der Waals surface area contributed by atoms with Gasteiger partial charge in [0.15, 0.2) is 0 Å². The van der Waals surface area contributed by atoms with Gasteiger partial charge in [-0.2, -0.15) is 0 Å². The number of hydrogen-bond acceptors (Lipinski definition) is 3. The molecule has 0 saturated heterocycles. The van der Waals surface area contributed by atoms with Gasteiger partial charge in [-0.1, -0.05) is 28.1 Å². The van der Waals surface area contributed by atoms with Crippen molar-refractivity contribution in [2.45, 2.75) is 18.6 Å². The average molecular weight is 324 g/mol. The van der Waals surface area contributed by atoms with Gasteiger partial charge in [-0.25, -0.2) is 0 Å². The average Bonchev–Trinajstić information content (AvgIpc) is 2.90. The Morgan fingerprint density at radius 2 is 2.28 bits per heavy atom. The van der Waals surface area contributed by atoms with Gasteiger partial charge in [0.2, 0.25) is 0 Å². The van der Waals surface area contributed by atoms with Crippen molar-refractivity contribution in [2.75, 3.05) is 7.05 Å². The molecule has 0 fully saturated rings. The van der Waals surface area contributed by atoms with Gasteiger partial charge in [-0.05, 0) is 30.6 Å². The highest BCUT2D eigenvalue weighted by molar-refractivity contribution is 9.10. The Labute approximate surface area is 119 Å². The van der Waals surface area contributed by atoms with Crippen LogP contribution in [0, 0.1) is 0 Å². The van der Waals surface area contributed by atoms with Crippen LogP contribution >= 0.6 is 27.3 Å². The summed E-state index contributed by atoms with van der Waals surface area (Å²) in [7, 11) is 2.01. The molecular formula is C14H14BrNOS. The van der Waals surface area contributed by atoms with E-state index in [-0.39, 0.29) is 6.10 Å². The zero-order valence-corrected chi connectivity index (χ0v) is 12.4. The van der Waals surface area contributed by atoms with Gasteiger partial charge < -0.3 is 10.1 Å². The third kappa shape index (κ3) is 2.20. The number of ether oxygens (including phenoxy) is 1. The van der Waals surface area contributed by atoms with E-state index >= 15 is 0 Å². The first-order chi connectivity index (χ1) is 8.78. The predicted molar refractivity (Wildman–Crippen MR) is 78.2 cm³/mol. The molecule has 1 aliphatic rings. The van der Waals surface area contributed by atoms with Crippen molar-refractivity contribution >= 4 is 27.3 Å². The predicted octanol–water partition coefficient (Wildman–Crippen LogP) is 4.29. The quantitative estimate of drug-likeness (QED) is 0.889. The molecule has 2 aromatic rings. The maximum absolute atomic E-state index is 6.13. The SMILES string of the molecule is CNC1CC(c2cccs2)Oc2cc(Br)ccc21. The van der Waals surface area contributed by atoms with E-state index in [2.05, 4.69) is 57.0 Å². The van der Waals surface area contributed by atoms with Crippen LogP contribution in [0.3, 0.4) is 0 Å². The van der Waals surface area contributed by atoms with Crippen LogP contribution < -0.4 is 10.1 Å². The highest BCUT2D eigenvalue weighted by Gasteiger charge is 2.28. The Morgan fingerprint density at radius 3 is 3.00 bits per heavy atom. The van der Waals surface area contributed by atoms with Gasteiger partial charge in [0.1, 0.15) is 11.9 Å². The summed E-state index contributed by atoms with van der Waals surface area (Å²) in [5.74, 6) is 0.980. The van der Waals surface area contributed by atoms with Crippen LogP contribution in [-0.4, -0.2) is 7.05 Å². The molecule has 2 heterocycles. The maximum atomic E-state index is 6.13. The highest BCUT2D eigenvalue weighted by atomic mass is 79.9. The van der Waals surface area contributed by atoms with Gasteiger partial charge in [0.05, 0.1) is 0 Å². The van der Waals surface area contributed by atoms with E-state index in [4.69, 9.17) is 4.74 Å². The second kappa shape index (κ2) is 5.03. The van der Waals surface area contributed by atoms with Crippen molar-refractivity contribution in [1.82, 2.24) is 5.32 Å². The van der Waals surface area contributed by atoms with E-state index in [0.717, 1.165) is 16.6 Å². The van der Waals surface area contributed by atoms with Crippen molar-refractivity contribution in [1.29, 1.82) is 0 Å². The lowest BCUT2D eigenvalue weighted by atomic mass is 9.96. The molecule has 0 saturated carbocycles. The second-order valence-electron chi connectivity index (χ2n) is 4.38. The van der Waals surface area contributed by atoms with Gasteiger partial charge in [-0.15, -0.1) is 11.3 Å². The van der Waals surface area contributed by atoms with Gasteiger partial charge in [0, 0.05) is 27.4 Å². The summed E-state index contributed by atoms with van der Waals surface area (Å²) in [6.45, 7) is 0. The van der Waals surface area contributed by atoms with Crippen molar-refractivity contribution in [3.05, 3.63) is 50.6 Å². The minimum atomic E-state index is 0.157. The van der Waals surface area contributed by atoms with Crippen LogP contribution in [-0.2, 0) is 0 Å². The van der Waals surface area contributed by atoms with E-state index < -0.39 is 0 Å². The topological polar surface area (TPSA) is 21.3 Å². The van der Waals surface area contributed by atoms with Crippen molar-refractivity contribution < 1.29 is 4.74 Å². The fourth-order valence-corrected chi connectivity index (χ4v) is 3.47. The fourth-order valence-electron chi connectivity index (χ4n) is 2.36. The molecule has 0 aliphatic carbocycles. The molecule has 1 aromatic heterocycles. The maximum Gasteiger partial charge on any atom is 0.135 e. The zero-order chi connectivity index (χ0) is 12.5. The van der Waals surface area contributed by atoms with E-state index in [1.165, 1.54) is 10.4 Å². The largest absolute Gasteiger partial charge is 0.484 e. The Balaban J connectivity index is 1.98. The summed E-state index contributed by atoms with van der Waals surface area (Å²) in [6.07, 6.45) is 1.13. The smallest absolute Gasteiger partial charge is 0.135 e. The number of nitrogens with one attached hydrogen (secondary N) is 1. The molecule has 4 heteroatoms. The zero-order valence-electron chi connectivity index (χ0n) is 10.0. The molecular weight excluding hydrogens is 310 g/mol. The lowest BCUT2D eigenvalue weighted by Gasteiger charge is -2.31. The molecule has 0 radical (unpaired) electrons. The molecule has 94 valence electrons. The molecule has 1 N–H and O–H groups in total. The van der Waals surface area contributed by atoms with Gasteiger partial charge >= 0.3 is 0 Å². The Hall–Kier alpha value is -0.840. The third-order valence-corrected chi connectivity index (χ3v) is 4.74. The van der Waals surface area contributed by atoms with Crippen LogP contribution in [0.15, 0.2) is 40.2 Å². The summed E-state index contributed by atoms with van der Waals surface area (Å²) >= 11 is 5.26. The van der Waals surface area contributed by atoms with Crippen LogP contribution in [0.1, 0.15) is 29.0 Å². The molecule has 2 atom stereocenters. The van der Waals surface area contributed by atoms with Crippen LogP contribution in [0.25, 0.3) is 0 Å². The molecule has 1 aromatic carbocycles. The molecule has 18 heavy (non-hydrogen) atoms. The van der Waals surface area contributed by atoms with Gasteiger partial charge in [0.25, 0.3) is 0 Å². The van der Waals surface area contributed by atoms with Crippen LogP contribution in [0.4, 0.5) is 0 Å². The lowest BCUT2D eigenvalue weighted by Crippen LogP contribution is -2.26. The second-order valence-corrected chi connectivity index (χ2v) is 6.28. The molecule has 0 amide bonds. The fraction of sp³-hybridized carbons (Fsp3) is 0.286. The van der Waals surface area contributed by atoms with E-state index in [0.29, 0.717) is 6.04 Å². The molecule has 0 bridgehead atoms. The monoisotopic (exact) mass is 323 g/mol. The van der Waals surface area contributed by atoms with Crippen LogP contribution in [0.5, 0.6) is 5.75 Å². The number of halogens is 1. The number of thiophene rings is 1. The number of benzene rings is 1. The molecule has 2 nitrogen and oxygen atoms in total. The summed E-state index contributed by atoms with van der Waals surface area (Å²) in [5, 5.41) is 5.48. The first kappa shape index (κ1) is 12.2. The standard InChI is InChI=1S/C14H14BrNOS/c1-16-11-8-13(14-3-2-6-18-14)17-12-7-9(15)4-5-10(11)12/h2-7,11,13,16H,8H2,1H3. The van der Waals surface area contributed by atoms with Crippen molar-refractivity contribution in [2.24, 2.45) is 0 Å². The minimum Gasteiger partial charge on any atom is -0.484 e. The Morgan fingerprint density at radius 1 is 1.39 bits per heavy atom. The number of rotatable bonds is 2. The van der Waals surface area contributed by atoms with Crippen molar-refractivity contribution in [3.63, 3.8) is 0 Å². The Kier molecular flexibility index (Phi) is 3.41. The van der Waals surface area contributed by atoms with Crippen molar-refractivity contribution in [3.8, 4) is 5.75 Å². The first-order valence-electron chi connectivity index (χ1n) is 5.94. The molecule has 0 spiro atoms. The first-order valence-corrected chi connectivity index (χ1v) is 7.62. The molecule has 1 aliphatic heterocycles. The van der Waals surface area contributed by atoms with E-state index in [9.17, 15) is 0 Å². The normalized spacial score (nSPS) is 22.3. The van der Waals surface area contributed by atoms with Gasteiger partial charge in [-0.3, -0.25) is 0 Å². The Bertz CT molecular complexity index is 541.